The van der Waals surface area contributed by atoms with Crippen LogP contribution in [0.2, 0.25) is 0 Å². The zero-order chi connectivity index (χ0) is 16.7. The van der Waals surface area contributed by atoms with Crippen molar-refractivity contribution in [3.05, 3.63) is 47.5 Å². The molecular formula is C21H26O3. The Labute approximate surface area is 143 Å². The second-order valence-corrected chi connectivity index (χ2v) is 7.98. The maximum Gasteiger partial charge on any atom is 0.338 e. The smallest absolute Gasteiger partial charge is 0.338 e. The van der Waals surface area contributed by atoms with E-state index in [1.165, 1.54) is 12.0 Å². The molecule has 3 aliphatic rings. The zero-order valence-electron chi connectivity index (χ0n) is 14.3. The molecule has 4 rings (SSSR count). The first-order valence-electron chi connectivity index (χ1n) is 9.25. The molecule has 0 radical (unpaired) electrons. The molecule has 0 heterocycles. The van der Waals surface area contributed by atoms with Crippen LogP contribution in [0.5, 0.6) is 0 Å². The van der Waals surface area contributed by atoms with Crippen LogP contribution < -0.4 is 0 Å². The highest BCUT2D eigenvalue weighted by Gasteiger charge is 2.44. The monoisotopic (exact) mass is 326 g/mol. The van der Waals surface area contributed by atoms with Gasteiger partial charge in [-0.25, -0.2) is 4.79 Å². The Morgan fingerprint density at radius 2 is 1.83 bits per heavy atom. The van der Waals surface area contributed by atoms with E-state index in [9.17, 15) is 9.90 Å². The van der Waals surface area contributed by atoms with Gasteiger partial charge in [-0.2, -0.15) is 0 Å². The summed E-state index contributed by atoms with van der Waals surface area (Å²) in [5.74, 6) is 0.694. The number of ether oxygens (including phenoxy) is 1. The molecule has 4 unspecified atom stereocenters. The third kappa shape index (κ3) is 2.79. The summed E-state index contributed by atoms with van der Waals surface area (Å²) in [6, 6.07) is 7.83. The molecule has 128 valence electrons. The Hall–Kier alpha value is -1.61. The number of hydrogen-bond donors (Lipinski definition) is 1. The molecule has 1 aromatic rings. The van der Waals surface area contributed by atoms with E-state index in [0.29, 0.717) is 17.4 Å². The van der Waals surface area contributed by atoms with Crippen LogP contribution in [-0.4, -0.2) is 22.8 Å². The molecule has 0 aliphatic heterocycles. The largest absolute Gasteiger partial charge is 0.456 e. The quantitative estimate of drug-likeness (QED) is 0.668. The van der Waals surface area contributed by atoms with Gasteiger partial charge in [-0.3, -0.25) is 0 Å². The average molecular weight is 326 g/mol. The lowest BCUT2D eigenvalue weighted by Crippen LogP contribution is -2.33. The van der Waals surface area contributed by atoms with E-state index in [1.807, 2.05) is 24.3 Å². The van der Waals surface area contributed by atoms with Crippen molar-refractivity contribution < 1.29 is 14.6 Å². The zero-order valence-corrected chi connectivity index (χ0v) is 14.3. The van der Waals surface area contributed by atoms with Gasteiger partial charge in [0.2, 0.25) is 0 Å². The summed E-state index contributed by atoms with van der Waals surface area (Å²) < 4.78 is 5.81. The molecule has 3 heteroatoms. The van der Waals surface area contributed by atoms with Crippen molar-refractivity contribution in [2.45, 2.75) is 63.1 Å². The Morgan fingerprint density at radius 3 is 2.42 bits per heavy atom. The molecule has 3 aliphatic carbocycles. The molecule has 2 saturated carbocycles. The summed E-state index contributed by atoms with van der Waals surface area (Å²) in [6.45, 7) is 2.06. The Balaban J connectivity index is 1.44. The summed E-state index contributed by atoms with van der Waals surface area (Å²) in [4.78, 5) is 12.5. The van der Waals surface area contributed by atoms with Crippen LogP contribution in [0.1, 0.15) is 67.3 Å². The molecule has 0 aromatic heterocycles. The third-order valence-corrected chi connectivity index (χ3v) is 6.23. The van der Waals surface area contributed by atoms with Crippen LogP contribution in [0.25, 0.3) is 0 Å². The van der Waals surface area contributed by atoms with Crippen LogP contribution in [0.3, 0.4) is 0 Å². The minimum Gasteiger partial charge on any atom is -0.456 e. The minimum atomic E-state index is -0.298. The van der Waals surface area contributed by atoms with Gasteiger partial charge in [0.1, 0.15) is 5.60 Å². The van der Waals surface area contributed by atoms with Crippen LogP contribution >= 0.6 is 0 Å². The van der Waals surface area contributed by atoms with E-state index in [2.05, 4.69) is 19.1 Å². The fraction of sp³-hybridized carbons (Fsp3) is 0.571. The van der Waals surface area contributed by atoms with Crippen molar-refractivity contribution in [1.29, 1.82) is 0 Å². The second kappa shape index (κ2) is 6.03. The lowest BCUT2D eigenvalue weighted by molar-refractivity contribution is -0.0269. The van der Waals surface area contributed by atoms with E-state index in [4.69, 9.17) is 4.74 Å². The SMILES string of the molecule is CC1(OC(=O)c2ccc(C3CC4C=CC3C4O)cc2)CCCCC1. The van der Waals surface area contributed by atoms with Gasteiger partial charge in [0.15, 0.2) is 0 Å². The average Bonchev–Trinajstić information content (AvgIpc) is 3.10. The molecule has 2 bridgehead atoms. The number of hydrogen-bond acceptors (Lipinski definition) is 3. The van der Waals surface area contributed by atoms with Crippen LogP contribution in [0.4, 0.5) is 0 Å². The molecule has 1 aromatic carbocycles. The van der Waals surface area contributed by atoms with Crippen molar-refractivity contribution >= 4 is 5.97 Å². The first-order valence-corrected chi connectivity index (χ1v) is 9.25. The Kier molecular flexibility index (Phi) is 4.00. The molecule has 0 spiro atoms. The van der Waals surface area contributed by atoms with Gasteiger partial charge >= 0.3 is 5.97 Å². The molecule has 4 atom stereocenters. The number of carbonyl (C=O) groups excluding carboxylic acids is 1. The van der Waals surface area contributed by atoms with Gasteiger partial charge in [0.25, 0.3) is 0 Å². The number of aliphatic hydroxyl groups excluding tert-OH is 1. The molecule has 2 fully saturated rings. The maximum absolute atomic E-state index is 12.5. The van der Waals surface area contributed by atoms with Gasteiger partial charge in [-0.15, -0.1) is 0 Å². The van der Waals surface area contributed by atoms with Crippen LogP contribution in [-0.2, 0) is 4.74 Å². The number of carbonyl (C=O) groups is 1. The summed E-state index contributed by atoms with van der Waals surface area (Å²) in [7, 11) is 0. The van der Waals surface area contributed by atoms with Gasteiger partial charge in [-0.05, 0) is 62.6 Å². The second-order valence-electron chi connectivity index (χ2n) is 7.98. The van der Waals surface area contributed by atoms with E-state index in [0.717, 1.165) is 32.1 Å². The molecular weight excluding hydrogens is 300 g/mol. The van der Waals surface area contributed by atoms with Gasteiger partial charge in [-0.1, -0.05) is 30.7 Å². The lowest BCUT2D eigenvalue weighted by Gasteiger charge is -2.33. The van der Waals surface area contributed by atoms with Crippen molar-refractivity contribution in [3.63, 3.8) is 0 Å². The van der Waals surface area contributed by atoms with Gasteiger partial charge in [0, 0.05) is 11.8 Å². The van der Waals surface area contributed by atoms with Crippen molar-refractivity contribution in [1.82, 2.24) is 0 Å². The molecule has 0 amide bonds. The molecule has 3 nitrogen and oxygen atoms in total. The number of rotatable bonds is 3. The number of esters is 1. The normalized spacial score (nSPS) is 33.6. The van der Waals surface area contributed by atoms with Crippen LogP contribution in [0, 0.1) is 11.8 Å². The summed E-state index contributed by atoms with van der Waals surface area (Å²) >= 11 is 0. The molecule has 24 heavy (non-hydrogen) atoms. The first-order chi connectivity index (χ1) is 11.6. The fourth-order valence-corrected chi connectivity index (χ4v) is 4.73. The maximum atomic E-state index is 12.5. The predicted molar refractivity (Wildman–Crippen MR) is 92.8 cm³/mol. The Bertz CT molecular complexity index is 640. The molecule has 0 saturated heterocycles. The summed E-state index contributed by atoms with van der Waals surface area (Å²) in [5, 5.41) is 10.2. The minimum absolute atomic E-state index is 0.209. The van der Waals surface area contributed by atoms with E-state index >= 15 is 0 Å². The van der Waals surface area contributed by atoms with E-state index < -0.39 is 0 Å². The van der Waals surface area contributed by atoms with Crippen molar-refractivity contribution in [3.8, 4) is 0 Å². The lowest BCUT2D eigenvalue weighted by atomic mass is 9.86. The first kappa shape index (κ1) is 15.9. The van der Waals surface area contributed by atoms with Crippen molar-refractivity contribution in [2.75, 3.05) is 0 Å². The summed E-state index contributed by atoms with van der Waals surface area (Å²) in [6.07, 6.45) is 10.5. The van der Waals surface area contributed by atoms with Crippen LogP contribution in [0.15, 0.2) is 36.4 Å². The Morgan fingerprint density at radius 1 is 1.12 bits per heavy atom. The van der Waals surface area contributed by atoms with E-state index in [-0.39, 0.29) is 23.6 Å². The van der Waals surface area contributed by atoms with Gasteiger partial charge < -0.3 is 9.84 Å². The van der Waals surface area contributed by atoms with E-state index in [1.54, 1.807) is 0 Å². The van der Waals surface area contributed by atoms with Crippen molar-refractivity contribution in [2.24, 2.45) is 11.8 Å². The highest BCUT2D eigenvalue weighted by Crippen LogP contribution is 2.48. The third-order valence-electron chi connectivity index (χ3n) is 6.23. The molecule has 1 N–H and O–H groups in total. The van der Waals surface area contributed by atoms with Gasteiger partial charge in [0.05, 0.1) is 11.7 Å². The predicted octanol–water partition coefficient (Wildman–Crippen LogP) is 4.22. The standard InChI is InChI=1S/C21H26O3/c1-21(11-3-2-4-12-21)24-20(23)15-7-5-14(6-8-15)18-13-16-9-10-17(18)19(16)22/h5-10,16-19,22H,2-4,11-13H2,1H3. The number of fused-ring (bicyclic) bond motifs is 2. The number of aliphatic hydroxyl groups is 1. The fourth-order valence-electron chi connectivity index (χ4n) is 4.73. The topological polar surface area (TPSA) is 46.5 Å². The number of benzene rings is 1. The summed E-state index contributed by atoms with van der Waals surface area (Å²) in [5.41, 5.74) is 1.55. The highest BCUT2D eigenvalue weighted by molar-refractivity contribution is 5.89. The highest BCUT2D eigenvalue weighted by atomic mass is 16.6.